The number of nitrogens with one attached hydrogen (secondary N) is 1. The average Bonchev–Trinajstić information content (AvgIpc) is 3.16. The molecule has 4 aromatic rings. The fourth-order valence-corrected chi connectivity index (χ4v) is 4.81. The van der Waals surface area contributed by atoms with Gasteiger partial charge in [-0.15, -0.1) is 11.3 Å². The highest BCUT2D eigenvalue weighted by atomic mass is 32.1. The number of aryl methyl sites for hydroxylation is 1. The topological polar surface area (TPSA) is 82.5 Å². The van der Waals surface area contributed by atoms with Gasteiger partial charge in [0.2, 0.25) is 5.91 Å². The van der Waals surface area contributed by atoms with E-state index in [4.69, 9.17) is 9.47 Å². The number of amides is 1. The Bertz CT molecular complexity index is 1350. The number of hydrogen-bond donors (Lipinski definition) is 1. The first-order valence-electron chi connectivity index (χ1n) is 10.3. The van der Waals surface area contributed by atoms with Crippen LogP contribution in [-0.4, -0.2) is 34.7 Å². The molecule has 1 aliphatic rings. The Morgan fingerprint density at radius 3 is 2.72 bits per heavy atom. The minimum Gasteiger partial charge on any atom is -0.486 e. The molecule has 0 saturated heterocycles. The Labute approximate surface area is 188 Å². The molecule has 1 atom stereocenters. The summed E-state index contributed by atoms with van der Waals surface area (Å²) in [5.74, 6) is 1.07. The van der Waals surface area contributed by atoms with E-state index in [1.54, 1.807) is 0 Å². The molecule has 5 rings (SSSR count). The zero-order valence-corrected chi connectivity index (χ0v) is 18.2. The first-order chi connectivity index (χ1) is 15.6. The number of carbonyl (C=O) groups is 1. The molecule has 0 bridgehead atoms. The monoisotopic (exact) mass is 447 g/mol. The largest absolute Gasteiger partial charge is 0.486 e. The third-order valence-electron chi connectivity index (χ3n) is 5.33. The molecule has 0 radical (unpaired) electrons. The SMILES string of the molecule is Cc1sc2ncn(CC(=O)NC[C@@H]3COc4ccccc4O3)c(=O)c2c1-c1ccccc1. The van der Waals surface area contributed by atoms with Crippen LogP contribution in [0.1, 0.15) is 4.88 Å². The Hall–Kier alpha value is -3.65. The first kappa shape index (κ1) is 20.3. The first-order valence-corrected chi connectivity index (χ1v) is 11.1. The minimum atomic E-state index is -0.296. The molecule has 0 aliphatic carbocycles. The van der Waals surface area contributed by atoms with Gasteiger partial charge in [-0.05, 0) is 24.6 Å². The molecule has 2 aromatic carbocycles. The van der Waals surface area contributed by atoms with Gasteiger partial charge in [-0.2, -0.15) is 0 Å². The predicted molar refractivity (Wildman–Crippen MR) is 123 cm³/mol. The fourth-order valence-electron chi connectivity index (χ4n) is 3.80. The van der Waals surface area contributed by atoms with Crippen LogP contribution in [0.2, 0.25) is 0 Å². The maximum Gasteiger partial charge on any atom is 0.263 e. The van der Waals surface area contributed by atoms with Gasteiger partial charge in [-0.25, -0.2) is 4.98 Å². The molecule has 0 unspecified atom stereocenters. The quantitative estimate of drug-likeness (QED) is 0.507. The molecule has 3 heterocycles. The lowest BCUT2D eigenvalue weighted by molar-refractivity contribution is -0.122. The van der Waals surface area contributed by atoms with Crippen LogP contribution >= 0.6 is 11.3 Å². The van der Waals surface area contributed by atoms with Crippen molar-refractivity contribution in [2.24, 2.45) is 0 Å². The second-order valence-electron chi connectivity index (χ2n) is 7.56. The van der Waals surface area contributed by atoms with Crippen LogP contribution in [0.15, 0.2) is 65.7 Å². The summed E-state index contributed by atoms with van der Waals surface area (Å²) in [6, 6.07) is 17.2. The van der Waals surface area contributed by atoms with Crippen molar-refractivity contribution in [3.05, 3.63) is 76.2 Å². The van der Waals surface area contributed by atoms with Crippen molar-refractivity contribution >= 4 is 27.5 Å². The van der Waals surface area contributed by atoms with E-state index in [2.05, 4.69) is 10.3 Å². The second kappa shape index (κ2) is 8.47. The minimum absolute atomic E-state index is 0.116. The highest BCUT2D eigenvalue weighted by Gasteiger charge is 2.22. The van der Waals surface area contributed by atoms with E-state index in [0.29, 0.717) is 28.3 Å². The van der Waals surface area contributed by atoms with Gasteiger partial charge in [0.05, 0.1) is 18.3 Å². The second-order valence-corrected chi connectivity index (χ2v) is 8.76. The van der Waals surface area contributed by atoms with Crippen molar-refractivity contribution in [2.45, 2.75) is 19.6 Å². The zero-order chi connectivity index (χ0) is 22.1. The smallest absolute Gasteiger partial charge is 0.263 e. The highest BCUT2D eigenvalue weighted by molar-refractivity contribution is 7.19. The van der Waals surface area contributed by atoms with Gasteiger partial charge in [0.15, 0.2) is 11.5 Å². The number of para-hydroxylation sites is 2. The van der Waals surface area contributed by atoms with Crippen molar-refractivity contribution in [2.75, 3.05) is 13.2 Å². The van der Waals surface area contributed by atoms with Crippen molar-refractivity contribution in [1.82, 2.24) is 14.9 Å². The van der Waals surface area contributed by atoms with Gasteiger partial charge in [0.25, 0.3) is 5.56 Å². The summed E-state index contributed by atoms with van der Waals surface area (Å²) in [4.78, 5) is 31.9. The number of benzene rings is 2. The molecular formula is C24H21N3O4S. The van der Waals surface area contributed by atoms with Crippen LogP contribution < -0.4 is 20.3 Å². The van der Waals surface area contributed by atoms with Gasteiger partial charge in [-0.3, -0.25) is 14.2 Å². The molecule has 1 amide bonds. The normalized spacial score (nSPS) is 15.0. The van der Waals surface area contributed by atoms with Crippen LogP contribution in [-0.2, 0) is 11.3 Å². The predicted octanol–water partition coefficient (Wildman–Crippen LogP) is 3.39. The Morgan fingerprint density at radius 1 is 1.16 bits per heavy atom. The molecule has 0 fully saturated rings. The average molecular weight is 448 g/mol. The summed E-state index contributed by atoms with van der Waals surface area (Å²) in [6.07, 6.45) is 1.14. The van der Waals surface area contributed by atoms with Crippen LogP contribution in [0.25, 0.3) is 21.3 Å². The summed E-state index contributed by atoms with van der Waals surface area (Å²) in [5.41, 5.74) is 1.62. The number of hydrogen-bond acceptors (Lipinski definition) is 6. The van der Waals surface area contributed by atoms with Gasteiger partial charge in [0, 0.05) is 10.4 Å². The third kappa shape index (κ3) is 3.85. The Balaban J connectivity index is 1.32. The fraction of sp³-hybridized carbons (Fsp3) is 0.208. The van der Waals surface area contributed by atoms with E-state index < -0.39 is 0 Å². The molecule has 162 valence electrons. The molecule has 1 N–H and O–H groups in total. The van der Waals surface area contributed by atoms with E-state index in [1.807, 2.05) is 61.5 Å². The van der Waals surface area contributed by atoms with E-state index in [1.165, 1.54) is 22.2 Å². The summed E-state index contributed by atoms with van der Waals surface area (Å²) in [5, 5.41) is 3.38. The molecular weight excluding hydrogens is 426 g/mol. The molecule has 8 heteroatoms. The number of fused-ring (bicyclic) bond motifs is 2. The lowest BCUT2D eigenvalue weighted by atomic mass is 10.0. The van der Waals surface area contributed by atoms with Crippen LogP contribution in [0.3, 0.4) is 0 Å². The molecule has 0 spiro atoms. The zero-order valence-electron chi connectivity index (χ0n) is 17.4. The molecule has 2 aromatic heterocycles. The summed E-state index contributed by atoms with van der Waals surface area (Å²) >= 11 is 1.48. The van der Waals surface area contributed by atoms with Gasteiger partial charge >= 0.3 is 0 Å². The molecule has 7 nitrogen and oxygen atoms in total. The number of rotatable bonds is 5. The van der Waals surface area contributed by atoms with Crippen molar-refractivity contribution in [3.63, 3.8) is 0 Å². The van der Waals surface area contributed by atoms with Crippen LogP contribution in [0, 0.1) is 6.92 Å². The molecule has 0 saturated carbocycles. The highest BCUT2D eigenvalue weighted by Crippen LogP contribution is 2.35. The van der Waals surface area contributed by atoms with E-state index in [-0.39, 0.29) is 30.7 Å². The standard InChI is InChI=1S/C24H21N3O4S/c1-15-21(16-7-3-2-4-8-16)22-23(32-15)26-14-27(24(22)29)12-20(28)25-11-17-13-30-18-9-5-6-10-19(18)31-17/h2-10,14,17H,11-13H2,1H3,(H,25,28)/t17-/m1/s1. The van der Waals surface area contributed by atoms with Crippen molar-refractivity contribution in [3.8, 4) is 22.6 Å². The summed E-state index contributed by atoms with van der Waals surface area (Å²) in [7, 11) is 0. The maximum absolute atomic E-state index is 13.2. The van der Waals surface area contributed by atoms with Crippen LogP contribution in [0.4, 0.5) is 0 Å². The van der Waals surface area contributed by atoms with E-state index >= 15 is 0 Å². The number of thiophene rings is 1. The number of carbonyl (C=O) groups excluding carboxylic acids is 1. The lowest BCUT2D eigenvalue weighted by Crippen LogP contribution is -2.42. The van der Waals surface area contributed by atoms with Crippen molar-refractivity contribution < 1.29 is 14.3 Å². The van der Waals surface area contributed by atoms with E-state index in [9.17, 15) is 9.59 Å². The molecule has 32 heavy (non-hydrogen) atoms. The summed E-state index contributed by atoms with van der Waals surface area (Å²) in [6.45, 7) is 2.49. The third-order valence-corrected chi connectivity index (χ3v) is 6.34. The summed E-state index contributed by atoms with van der Waals surface area (Å²) < 4.78 is 12.9. The van der Waals surface area contributed by atoms with Gasteiger partial charge in [-0.1, -0.05) is 42.5 Å². The van der Waals surface area contributed by atoms with Gasteiger partial charge < -0.3 is 14.8 Å². The van der Waals surface area contributed by atoms with Crippen molar-refractivity contribution in [1.29, 1.82) is 0 Å². The van der Waals surface area contributed by atoms with Gasteiger partial charge in [0.1, 0.15) is 24.1 Å². The Morgan fingerprint density at radius 2 is 1.91 bits per heavy atom. The number of ether oxygens (including phenoxy) is 2. The Kier molecular flexibility index (Phi) is 5.36. The van der Waals surface area contributed by atoms with Crippen LogP contribution in [0.5, 0.6) is 11.5 Å². The maximum atomic E-state index is 13.2. The molecule has 1 aliphatic heterocycles. The number of nitrogens with zero attached hydrogens (tertiary/aromatic N) is 2. The number of aromatic nitrogens is 2. The lowest BCUT2D eigenvalue weighted by Gasteiger charge is -2.26. The van der Waals surface area contributed by atoms with E-state index in [0.717, 1.165) is 16.0 Å².